The van der Waals surface area contributed by atoms with Gasteiger partial charge in [0, 0.05) is 30.9 Å². The van der Waals surface area contributed by atoms with Gasteiger partial charge in [-0.25, -0.2) is 0 Å². The number of aliphatic hydroxyl groups is 1. The van der Waals surface area contributed by atoms with Gasteiger partial charge in [-0.3, -0.25) is 4.68 Å². The molecule has 1 fully saturated rings. The molecule has 1 unspecified atom stereocenters. The minimum absolute atomic E-state index is 0.145. The second-order valence-electron chi connectivity index (χ2n) is 6.34. The normalized spacial score (nSPS) is 19.8. The SMILES string of the molecule is CCN1CCC(CN(C)Cc2c(C)nn(CCO)c2C)C1. The summed E-state index contributed by atoms with van der Waals surface area (Å²) in [6.45, 7) is 12.9. The lowest BCUT2D eigenvalue weighted by Gasteiger charge is -2.21. The molecular formula is C16H30N4O. The van der Waals surface area contributed by atoms with Crippen molar-refractivity contribution in [3.63, 3.8) is 0 Å². The van der Waals surface area contributed by atoms with Gasteiger partial charge in [0.25, 0.3) is 0 Å². The number of nitrogens with zero attached hydrogens (tertiary/aromatic N) is 4. The summed E-state index contributed by atoms with van der Waals surface area (Å²) >= 11 is 0. The lowest BCUT2D eigenvalue weighted by atomic mass is 10.1. The summed E-state index contributed by atoms with van der Waals surface area (Å²) in [6, 6.07) is 0. The molecular weight excluding hydrogens is 264 g/mol. The average molecular weight is 294 g/mol. The molecule has 0 spiro atoms. The van der Waals surface area contributed by atoms with Gasteiger partial charge in [0.1, 0.15) is 0 Å². The Kier molecular flexibility index (Phi) is 5.79. The van der Waals surface area contributed by atoms with Crippen molar-refractivity contribution in [3.8, 4) is 0 Å². The van der Waals surface area contributed by atoms with Crippen molar-refractivity contribution in [1.82, 2.24) is 19.6 Å². The molecule has 1 aliphatic rings. The third kappa shape index (κ3) is 4.05. The number of hydrogen-bond acceptors (Lipinski definition) is 4. The number of rotatable bonds is 7. The maximum atomic E-state index is 9.09. The third-order valence-electron chi connectivity index (χ3n) is 4.66. The molecule has 2 rings (SSSR count). The van der Waals surface area contributed by atoms with Gasteiger partial charge in [0.05, 0.1) is 18.8 Å². The van der Waals surface area contributed by atoms with Crippen molar-refractivity contribution in [2.75, 3.05) is 39.8 Å². The predicted octanol–water partition coefficient (Wildman–Crippen LogP) is 1.27. The van der Waals surface area contributed by atoms with E-state index in [1.807, 2.05) is 4.68 Å². The summed E-state index contributed by atoms with van der Waals surface area (Å²) in [5.41, 5.74) is 3.60. The quantitative estimate of drug-likeness (QED) is 0.822. The van der Waals surface area contributed by atoms with Crippen molar-refractivity contribution < 1.29 is 5.11 Å². The summed E-state index contributed by atoms with van der Waals surface area (Å²) in [5.74, 6) is 0.794. The zero-order valence-electron chi connectivity index (χ0n) is 14.0. The first-order valence-electron chi connectivity index (χ1n) is 8.09. The van der Waals surface area contributed by atoms with E-state index in [4.69, 9.17) is 5.11 Å². The van der Waals surface area contributed by atoms with Crippen LogP contribution in [0.3, 0.4) is 0 Å². The molecule has 0 saturated carbocycles. The highest BCUT2D eigenvalue weighted by atomic mass is 16.3. The van der Waals surface area contributed by atoms with Gasteiger partial charge < -0.3 is 14.9 Å². The Morgan fingerprint density at radius 1 is 1.38 bits per heavy atom. The van der Waals surface area contributed by atoms with Gasteiger partial charge >= 0.3 is 0 Å². The lowest BCUT2D eigenvalue weighted by Crippen LogP contribution is -2.28. The summed E-state index contributed by atoms with van der Waals surface area (Å²) in [7, 11) is 2.21. The molecule has 1 N–H and O–H groups in total. The molecule has 0 bridgehead atoms. The topological polar surface area (TPSA) is 44.5 Å². The van der Waals surface area contributed by atoms with Crippen LogP contribution in [0.4, 0.5) is 0 Å². The van der Waals surface area contributed by atoms with E-state index in [-0.39, 0.29) is 6.61 Å². The van der Waals surface area contributed by atoms with Crippen molar-refractivity contribution >= 4 is 0 Å². The minimum atomic E-state index is 0.145. The number of aliphatic hydroxyl groups excluding tert-OH is 1. The number of likely N-dealkylation sites (tertiary alicyclic amines) is 1. The van der Waals surface area contributed by atoms with Crippen molar-refractivity contribution in [1.29, 1.82) is 0 Å². The zero-order valence-corrected chi connectivity index (χ0v) is 14.0. The van der Waals surface area contributed by atoms with E-state index in [0.29, 0.717) is 6.54 Å². The highest BCUT2D eigenvalue weighted by Gasteiger charge is 2.23. The van der Waals surface area contributed by atoms with Crippen molar-refractivity contribution in [2.45, 2.75) is 40.3 Å². The van der Waals surface area contributed by atoms with E-state index < -0.39 is 0 Å². The fourth-order valence-electron chi connectivity index (χ4n) is 3.40. The molecule has 0 aromatic carbocycles. The summed E-state index contributed by atoms with van der Waals surface area (Å²) in [4.78, 5) is 4.96. The Hall–Kier alpha value is -0.910. The largest absolute Gasteiger partial charge is 0.394 e. The number of hydrogen-bond donors (Lipinski definition) is 1. The summed E-state index contributed by atoms with van der Waals surface area (Å²) < 4.78 is 1.92. The van der Waals surface area contributed by atoms with Gasteiger partial charge in [0.2, 0.25) is 0 Å². The zero-order chi connectivity index (χ0) is 15.4. The number of aromatic nitrogens is 2. The van der Waals surface area contributed by atoms with Crippen LogP contribution in [-0.4, -0.2) is 64.5 Å². The molecule has 120 valence electrons. The molecule has 1 aromatic heterocycles. The summed E-state index contributed by atoms with van der Waals surface area (Å²) in [5, 5.41) is 13.6. The minimum Gasteiger partial charge on any atom is -0.394 e. The maximum Gasteiger partial charge on any atom is 0.0644 e. The lowest BCUT2D eigenvalue weighted by molar-refractivity contribution is 0.258. The average Bonchev–Trinajstić information content (AvgIpc) is 2.99. The van der Waals surface area contributed by atoms with Crippen LogP contribution < -0.4 is 0 Å². The van der Waals surface area contributed by atoms with Gasteiger partial charge in [-0.05, 0) is 46.3 Å². The van der Waals surface area contributed by atoms with Crippen molar-refractivity contribution in [2.24, 2.45) is 5.92 Å². The smallest absolute Gasteiger partial charge is 0.0644 e. The first-order chi connectivity index (χ1) is 10.0. The highest BCUT2D eigenvalue weighted by molar-refractivity contribution is 5.24. The molecule has 0 radical (unpaired) electrons. The van der Waals surface area contributed by atoms with E-state index in [2.05, 4.69) is 42.7 Å². The van der Waals surface area contributed by atoms with E-state index in [1.54, 1.807) is 0 Å². The van der Waals surface area contributed by atoms with E-state index >= 15 is 0 Å². The monoisotopic (exact) mass is 294 g/mol. The molecule has 1 saturated heterocycles. The first kappa shape index (κ1) is 16.5. The molecule has 5 heteroatoms. The molecule has 1 atom stereocenters. The van der Waals surface area contributed by atoms with Gasteiger partial charge in [-0.15, -0.1) is 0 Å². The van der Waals surface area contributed by atoms with Gasteiger partial charge in [0.15, 0.2) is 0 Å². The molecule has 5 nitrogen and oxygen atoms in total. The summed E-state index contributed by atoms with van der Waals surface area (Å²) in [6.07, 6.45) is 1.32. The first-order valence-corrected chi connectivity index (χ1v) is 8.09. The molecule has 1 aromatic rings. The Bertz CT molecular complexity index is 457. The fourth-order valence-corrected chi connectivity index (χ4v) is 3.40. The fraction of sp³-hybridized carbons (Fsp3) is 0.812. The molecule has 2 heterocycles. The van der Waals surface area contributed by atoms with E-state index in [9.17, 15) is 0 Å². The highest BCUT2D eigenvalue weighted by Crippen LogP contribution is 2.19. The molecule has 0 aliphatic carbocycles. The Labute approximate surface area is 128 Å². The second kappa shape index (κ2) is 7.38. The number of aryl methyl sites for hydroxylation is 1. The Morgan fingerprint density at radius 3 is 2.76 bits per heavy atom. The van der Waals surface area contributed by atoms with Crippen molar-refractivity contribution in [3.05, 3.63) is 17.0 Å². The van der Waals surface area contributed by atoms with Crippen LogP contribution in [0.25, 0.3) is 0 Å². The maximum absolute atomic E-state index is 9.09. The third-order valence-corrected chi connectivity index (χ3v) is 4.66. The van der Waals surface area contributed by atoms with Gasteiger partial charge in [-0.2, -0.15) is 5.10 Å². The second-order valence-corrected chi connectivity index (χ2v) is 6.34. The molecule has 21 heavy (non-hydrogen) atoms. The van der Waals surface area contributed by atoms with E-state index in [1.165, 1.54) is 37.3 Å². The van der Waals surface area contributed by atoms with Crippen LogP contribution >= 0.6 is 0 Å². The predicted molar refractivity (Wildman–Crippen MR) is 85.3 cm³/mol. The van der Waals surface area contributed by atoms with Gasteiger partial charge in [-0.1, -0.05) is 6.92 Å². The standard InChI is InChI=1S/C16H30N4O/c1-5-19-7-6-15(11-19)10-18(4)12-16-13(2)17-20(8-9-21)14(16)3/h15,21H,5-12H2,1-4H3. The van der Waals surface area contributed by atoms with Crippen LogP contribution in [0.15, 0.2) is 0 Å². The Balaban J connectivity index is 1.92. The van der Waals surface area contributed by atoms with Crippen LogP contribution in [-0.2, 0) is 13.1 Å². The van der Waals surface area contributed by atoms with E-state index in [0.717, 1.165) is 24.7 Å². The van der Waals surface area contributed by atoms with Crippen LogP contribution in [0, 0.1) is 19.8 Å². The molecule has 0 amide bonds. The van der Waals surface area contributed by atoms with Crippen LogP contribution in [0.1, 0.15) is 30.3 Å². The molecule has 1 aliphatic heterocycles. The van der Waals surface area contributed by atoms with Crippen LogP contribution in [0.5, 0.6) is 0 Å². The Morgan fingerprint density at radius 2 is 2.14 bits per heavy atom. The van der Waals surface area contributed by atoms with Crippen LogP contribution in [0.2, 0.25) is 0 Å².